The highest BCUT2D eigenvalue weighted by Crippen LogP contribution is 2.10. The first-order chi connectivity index (χ1) is 11.5. The molecule has 6 nitrogen and oxygen atoms in total. The van der Waals surface area contributed by atoms with Crippen molar-refractivity contribution in [3.05, 3.63) is 35.9 Å². The summed E-state index contributed by atoms with van der Waals surface area (Å²) >= 11 is 0. The molecule has 0 aromatic heterocycles. The molecule has 1 saturated heterocycles. The first kappa shape index (κ1) is 18.4. The zero-order valence-corrected chi connectivity index (χ0v) is 14.6. The number of benzene rings is 1. The molecule has 1 aromatic rings. The summed E-state index contributed by atoms with van der Waals surface area (Å²) in [5.74, 6) is -0.328. The molecule has 0 saturated carbocycles. The van der Waals surface area contributed by atoms with Crippen molar-refractivity contribution in [3.63, 3.8) is 0 Å². The van der Waals surface area contributed by atoms with Gasteiger partial charge in [-0.05, 0) is 19.5 Å². The molecule has 0 radical (unpaired) electrons. The second-order valence-electron chi connectivity index (χ2n) is 6.60. The molecule has 1 aliphatic rings. The summed E-state index contributed by atoms with van der Waals surface area (Å²) in [6.45, 7) is 6.23. The molecule has 1 fully saturated rings. The SMILES string of the molecule is C[C@@H]1CN(C)CCN1CC(=O)N(CCC(N)=O)Cc1ccccc1. The van der Waals surface area contributed by atoms with Crippen molar-refractivity contribution in [1.29, 1.82) is 0 Å². The molecule has 1 atom stereocenters. The van der Waals surface area contributed by atoms with Crippen molar-refractivity contribution in [2.45, 2.75) is 25.9 Å². The van der Waals surface area contributed by atoms with Crippen LogP contribution in [-0.4, -0.2) is 72.3 Å². The van der Waals surface area contributed by atoms with Crippen LogP contribution in [0.4, 0.5) is 0 Å². The summed E-state index contributed by atoms with van der Waals surface area (Å²) < 4.78 is 0. The Morgan fingerprint density at radius 1 is 1.25 bits per heavy atom. The molecular formula is C18H28N4O2. The lowest BCUT2D eigenvalue weighted by atomic mass is 10.2. The first-order valence-electron chi connectivity index (χ1n) is 8.48. The minimum absolute atomic E-state index is 0.0523. The molecule has 2 N–H and O–H groups in total. The number of rotatable bonds is 7. The van der Waals surface area contributed by atoms with Gasteiger partial charge in [0.15, 0.2) is 0 Å². The van der Waals surface area contributed by atoms with E-state index in [1.54, 1.807) is 4.90 Å². The van der Waals surface area contributed by atoms with Crippen LogP contribution in [0.2, 0.25) is 0 Å². The Labute approximate surface area is 144 Å². The molecule has 0 bridgehead atoms. The molecule has 1 heterocycles. The lowest BCUT2D eigenvalue weighted by Gasteiger charge is -2.38. The lowest BCUT2D eigenvalue weighted by molar-refractivity contribution is -0.134. The Morgan fingerprint density at radius 3 is 2.58 bits per heavy atom. The number of amides is 2. The van der Waals surface area contributed by atoms with Crippen molar-refractivity contribution >= 4 is 11.8 Å². The van der Waals surface area contributed by atoms with Crippen LogP contribution in [0.25, 0.3) is 0 Å². The third-order valence-corrected chi connectivity index (χ3v) is 4.50. The second-order valence-corrected chi connectivity index (χ2v) is 6.60. The van der Waals surface area contributed by atoms with Gasteiger partial charge in [0.25, 0.3) is 0 Å². The van der Waals surface area contributed by atoms with Gasteiger partial charge in [-0.15, -0.1) is 0 Å². The maximum Gasteiger partial charge on any atom is 0.237 e. The molecule has 132 valence electrons. The second kappa shape index (κ2) is 8.80. The van der Waals surface area contributed by atoms with Crippen molar-refractivity contribution in [2.24, 2.45) is 5.73 Å². The van der Waals surface area contributed by atoms with E-state index in [1.807, 2.05) is 30.3 Å². The number of hydrogen-bond acceptors (Lipinski definition) is 4. The smallest absolute Gasteiger partial charge is 0.237 e. The number of primary amides is 1. The van der Waals surface area contributed by atoms with Crippen LogP contribution in [0.5, 0.6) is 0 Å². The number of hydrogen-bond donors (Lipinski definition) is 1. The normalized spacial score (nSPS) is 19.2. The molecular weight excluding hydrogens is 304 g/mol. The maximum atomic E-state index is 12.8. The Bertz CT molecular complexity index is 549. The van der Waals surface area contributed by atoms with Crippen LogP contribution in [0.15, 0.2) is 30.3 Å². The predicted octanol–water partition coefficient (Wildman–Crippen LogP) is 0.527. The van der Waals surface area contributed by atoms with Gasteiger partial charge in [-0.2, -0.15) is 0 Å². The van der Waals surface area contributed by atoms with Gasteiger partial charge in [0.05, 0.1) is 6.54 Å². The highest BCUT2D eigenvalue weighted by Gasteiger charge is 2.25. The number of likely N-dealkylation sites (N-methyl/N-ethyl adjacent to an activating group) is 1. The zero-order valence-electron chi connectivity index (χ0n) is 14.6. The van der Waals surface area contributed by atoms with Gasteiger partial charge in [-0.1, -0.05) is 30.3 Å². The highest BCUT2D eigenvalue weighted by molar-refractivity contribution is 5.79. The fourth-order valence-corrected chi connectivity index (χ4v) is 3.03. The van der Waals surface area contributed by atoms with Gasteiger partial charge in [-0.3, -0.25) is 14.5 Å². The molecule has 2 amide bonds. The van der Waals surface area contributed by atoms with Crippen LogP contribution < -0.4 is 5.73 Å². The average Bonchev–Trinajstić information content (AvgIpc) is 2.54. The van der Waals surface area contributed by atoms with Crippen LogP contribution in [0, 0.1) is 0 Å². The predicted molar refractivity (Wildman–Crippen MR) is 94.2 cm³/mol. The number of carbonyl (C=O) groups is 2. The standard InChI is InChI=1S/C18H28N4O2/c1-15-12-20(2)10-11-21(15)14-18(24)22(9-8-17(19)23)13-16-6-4-3-5-7-16/h3-7,15H,8-14H2,1-2H3,(H2,19,23)/t15-/m1/s1. The van der Waals surface area contributed by atoms with Gasteiger partial charge >= 0.3 is 0 Å². The minimum atomic E-state index is -0.381. The van der Waals surface area contributed by atoms with Crippen molar-refractivity contribution < 1.29 is 9.59 Å². The molecule has 0 unspecified atom stereocenters. The molecule has 2 rings (SSSR count). The number of nitrogens with two attached hydrogens (primary N) is 1. The Balaban J connectivity index is 1.99. The van der Waals surface area contributed by atoms with Gasteiger partial charge in [-0.25, -0.2) is 0 Å². The van der Waals surface area contributed by atoms with Crippen LogP contribution in [0.3, 0.4) is 0 Å². The van der Waals surface area contributed by atoms with E-state index < -0.39 is 0 Å². The molecule has 1 aliphatic heterocycles. The maximum absolute atomic E-state index is 12.8. The highest BCUT2D eigenvalue weighted by atomic mass is 16.2. The molecule has 0 aliphatic carbocycles. The number of nitrogens with zero attached hydrogens (tertiary/aromatic N) is 3. The lowest BCUT2D eigenvalue weighted by Crippen LogP contribution is -2.53. The van der Waals surface area contributed by atoms with Crippen LogP contribution in [-0.2, 0) is 16.1 Å². The van der Waals surface area contributed by atoms with Gasteiger partial charge in [0.2, 0.25) is 11.8 Å². The van der Waals surface area contributed by atoms with E-state index in [9.17, 15) is 9.59 Å². The van der Waals surface area contributed by atoms with Gasteiger partial charge < -0.3 is 15.5 Å². The summed E-state index contributed by atoms with van der Waals surface area (Å²) in [6.07, 6.45) is 0.191. The van der Waals surface area contributed by atoms with Gasteiger partial charge in [0, 0.05) is 45.2 Å². The Morgan fingerprint density at radius 2 is 1.96 bits per heavy atom. The molecule has 0 spiro atoms. The average molecular weight is 332 g/mol. The van der Waals surface area contributed by atoms with E-state index >= 15 is 0 Å². The largest absolute Gasteiger partial charge is 0.370 e. The molecule has 1 aromatic carbocycles. The summed E-state index contributed by atoms with van der Waals surface area (Å²) in [5, 5.41) is 0. The van der Waals surface area contributed by atoms with Crippen molar-refractivity contribution in [2.75, 3.05) is 39.8 Å². The van der Waals surface area contributed by atoms with E-state index in [0.29, 0.717) is 25.7 Å². The quantitative estimate of drug-likeness (QED) is 0.791. The first-order valence-corrected chi connectivity index (χ1v) is 8.48. The van der Waals surface area contributed by atoms with Crippen molar-refractivity contribution in [3.8, 4) is 0 Å². The molecule has 24 heavy (non-hydrogen) atoms. The Kier molecular flexibility index (Phi) is 6.75. The van der Waals surface area contributed by atoms with E-state index in [1.165, 1.54) is 0 Å². The summed E-state index contributed by atoms with van der Waals surface area (Å²) in [5.41, 5.74) is 6.32. The molecule has 6 heteroatoms. The fourth-order valence-electron chi connectivity index (χ4n) is 3.03. The minimum Gasteiger partial charge on any atom is -0.370 e. The fraction of sp³-hybridized carbons (Fsp3) is 0.556. The van der Waals surface area contributed by atoms with E-state index in [0.717, 1.165) is 25.2 Å². The van der Waals surface area contributed by atoms with Crippen LogP contribution >= 0.6 is 0 Å². The zero-order chi connectivity index (χ0) is 17.5. The number of carbonyl (C=O) groups excluding carboxylic acids is 2. The van der Waals surface area contributed by atoms with Crippen molar-refractivity contribution in [1.82, 2.24) is 14.7 Å². The number of piperazine rings is 1. The van der Waals surface area contributed by atoms with E-state index in [2.05, 4.69) is 23.8 Å². The third kappa shape index (κ3) is 5.62. The Hall–Kier alpha value is -1.92. The summed E-state index contributed by atoms with van der Waals surface area (Å²) in [4.78, 5) is 30.1. The topological polar surface area (TPSA) is 69.9 Å². The monoisotopic (exact) mass is 332 g/mol. The van der Waals surface area contributed by atoms with E-state index in [4.69, 9.17) is 5.73 Å². The van der Waals surface area contributed by atoms with Gasteiger partial charge in [0.1, 0.15) is 0 Å². The summed E-state index contributed by atoms with van der Waals surface area (Å²) in [6, 6.07) is 10.2. The summed E-state index contributed by atoms with van der Waals surface area (Å²) in [7, 11) is 2.10. The van der Waals surface area contributed by atoms with Crippen LogP contribution in [0.1, 0.15) is 18.9 Å². The third-order valence-electron chi connectivity index (χ3n) is 4.50. The van der Waals surface area contributed by atoms with E-state index in [-0.39, 0.29) is 18.2 Å².